The summed E-state index contributed by atoms with van der Waals surface area (Å²) in [5, 5.41) is 62.5. The van der Waals surface area contributed by atoms with E-state index in [1.54, 1.807) is 13.8 Å². The molecule has 0 bridgehead atoms. The fourth-order valence-electron chi connectivity index (χ4n) is 10.9. The summed E-state index contributed by atoms with van der Waals surface area (Å²) in [7, 11) is 0. The third kappa shape index (κ3) is 5.40. The van der Waals surface area contributed by atoms with Gasteiger partial charge in [-0.2, -0.15) is 0 Å². The van der Waals surface area contributed by atoms with Crippen molar-refractivity contribution in [3.05, 3.63) is 11.6 Å². The zero-order valence-corrected chi connectivity index (χ0v) is 28.7. The summed E-state index contributed by atoms with van der Waals surface area (Å²) < 4.78 is 11.7. The van der Waals surface area contributed by atoms with Crippen LogP contribution >= 0.6 is 0 Å². The summed E-state index contributed by atoms with van der Waals surface area (Å²) in [6, 6.07) is 0. The van der Waals surface area contributed by atoms with Crippen LogP contribution < -0.4 is 0 Å². The van der Waals surface area contributed by atoms with Crippen molar-refractivity contribution >= 4 is 5.78 Å². The van der Waals surface area contributed by atoms with Crippen molar-refractivity contribution in [2.45, 2.75) is 155 Å². The van der Waals surface area contributed by atoms with E-state index in [2.05, 4.69) is 47.6 Å². The SMILES string of the molecule is C[C@H](CC[C@@H](O[C@@H]1O[C@H](CO)[C@@H](O)[C@H](O)[C@H]1O)C(C)(C)O)[C@H]1CC[C@@]2(C)[C@@H]3CC=C4[C@@H](CC[C@H](O)C4(C)C)[C@]3(C)C(=O)C[C@]12C. The lowest BCUT2D eigenvalue weighted by atomic mass is 9.38. The lowest BCUT2D eigenvalue weighted by molar-refractivity contribution is -0.322. The molecule has 1 saturated heterocycles. The number of aliphatic hydroxyl groups is 6. The predicted molar refractivity (Wildman–Crippen MR) is 169 cm³/mol. The van der Waals surface area contributed by atoms with E-state index in [-0.39, 0.29) is 40.1 Å². The van der Waals surface area contributed by atoms with E-state index in [0.717, 1.165) is 38.5 Å². The number of hydrogen-bond acceptors (Lipinski definition) is 9. The zero-order chi connectivity index (χ0) is 33.5. The number of ether oxygens (including phenoxy) is 2. The Morgan fingerprint density at radius 2 is 1.64 bits per heavy atom. The lowest BCUT2D eigenvalue weighted by Gasteiger charge is -2.64. The molecule has 0 aromatic heterocycles. The quantitative estimate of drug-likeness (QED) is 0.220. The molecule has 5 rings (SSSR count). The van der Waals surface area contributed by atoms with Crippen molar-refractivity contribution in [1.29, 1.82) is 0 Å². The molecule has 1 heterocycles. The molecule has 14 atom stereocenters. The maximum Gasteiger partial charge on any atom is 0.187 e. The first-order chi connectivity index (χ1) is 20.7. The molecule has 0 aromatic carbocycles. The fraction of sp³-hybridized carbons (Fsp3) is 0.917. The van der Waals surface area contributed by atoms with Gasteiger partial charge < -0.3 is 40.1 Å². The van der Waals surface area contributed by atoms with Gasteiger partial charge in [-0.1, -0.05) is 53.2 Å². The van der Waals surface area contributed by atoms with Gasteiger partial charge in [0.05, 0.1) is 24.4 Å². The molecule has 6 N–H and O–H groups in total. The van der Waals surface area contributed by atoms with Crippen LogP contribution in [0.15, 0.2) is 11.6 Å². The summed E-state index contributed by atoms with van der Waals surface area (Å²) >= 11 is 0. The van der Waals surface area contributed by atoms with Gasteiger partial charge in [0, 0.05) is 17.3 Å². The highest BCUT2D eigenvalue weighted by atomic mass is 16.7. The molecule has 45 heavy (non-hydrogen) atoms. The summed E-state index contributed by atoms with van der Waals surface area (Å²) in [4.78, 5) is 14.5. The molecule has 3 saturated carbocycles. The number of carbonyl (C=O) groups excluding carboxylic acids is 1. The molecule has 5 aliphatic rings. The Morgan fingerprint density at radius 1 is 0.978 bits per heavy atom. The highest BCUT2D eigenvalue weighted by molar-refractivity contribution is 5.88. The molecule has 0 amide bonds. The smallest absolute Gasteiger partial charge is 0.187 e. The van der Waals surface area contributed by atoms with E-state index in [1.165, 1.54) is 5.57 Å². The van der Waals surface area contributed by atoms with Crippen LogP contribution in [-0.2, 0) is 14.3 Å². The Labute approximate surface area is 269 Å². The van der Waals surface area contributed by atoms with Crippen molar-refractivity contribution in [3.63, 3.8) is 0 Å². The van der Waals surface area contributed by atoms with Gasteiger partial charge in [-0.15, -0.1) is 0 Å². The summed E-state index contributed by atoms with van der Waals surface area (Å²) in [5.74, 6) is 1.32. The van der Waals surface area contributed by atoms with E-state index in [4.69, 9.17) is 9.47 Å². The molecule has 0 spiro atoms. The fourth-order valence-corrected chi connectivity index (χ4v) is 10.9. The van der Waals surface area contributed by atoms with Gasteiger partial charge in [0.1, 0.15) is 30.2 Å². The third-order valence-corrected chi connectivity index (χ3v) is 14.2. The van der Waals surface area contributed by atoms with Crippen molar-refractivity contribution in [2.75, 3.05) is 6.61 Å². The number of rotatable bonds is 8. The number of carbonyl (C=O) groups is 1. The number of allylic oxidation sites excluding steroid dienone is 1. The van der Waals surface area contributed by atoms with Crippen molar-refractivity contribution in [1.82, 2.24) is 0 Å². The topological polar surface area (TPSA) is 157 Å². The molecule has 1 aliphatic heterocycles. The molecular weight excluding hydrogens is 576 g/mol. The van der Waals surface area contributed by atoms with Crippen LogP contribution in [0.25, 0.3) is 0 Å². The first-order valence-corrected chi connectivity index (χ1v) is 17.3. The van der Waals surface area contributed by atoms with Crippen LogP contribution in [0.1, 0.15) is 107 Å². The number of Topliss-reactive ketones (excluding diaryl/α,β-unsaturated/α-hetero) is 1. The minimum Gasteiger partial charge on any atom is -0.394 e. The standard InChI is InChI=1S/C36H60O9/c1-19(9-14-27(33(4,5)43)45-31-30(42)29(41)28(40)23(18-37)44-31)20-15-16-34(6)24-12-10-21-22(11-13-25(38)32(21,2)3)36(24,8)26(39)17-35(20,34)7/h10,19-20,22-25,27-31,37-38,40-43H,9,11-18H2,1-8H3/t19-,20-,22-,23-,24+,25+,27-,28-,29+,30-,31+,34+,35-,36+/m1/s1. The Hall–Kier alpha value is -0.910. The second-order valence-electron chi connectivity index (χ2n) is 17.2. The van der Waals surface area contributed by atoms with Crippen LogP contribution in [0.2, 0.25) is 0 Å². The first kappa shape index (κ1) is 35.4. The predicted octanol–water partition coefficient (Wildman–Crippen LogP) is 3.50. The molecule has 4 fully saturated rings. The average molecular weight is 637 g/mol. The largest absolute Gasteiger partial charge is 0.394 e. The van der Waals surface area contributed by atoms with Gasteiger partial charge in [-0.3, -0.25) is 4.79 Å². The van der Waals surface area contributed by atoms with E-state index >= 15 is 0 Å². The number of fused-ring (bicyclic) bond motifs is 5. The van der Waals surface area contributed by atoms with Crippen molar-refractivity contribution in [2.24, 2.45) is 45.3 Å². The zero-order valence-electron chi connectivity index (χ0n) is 28.7. The lowest BCUT2D eigenvalue weighted by Crippen LogP contribution is -2.63. The Bertz CT molecular complexity index is 1140. The van der Waals surface area contributed by atoms with E-state index in [9.17, 15) is 35.4 Å². The number of ketones is 1. The van der Waals surface area contributed by atoms with Crippen LogP contribution in [0.4, 0.5) is 0 Å². The second kappa shape index (κ2) is 11.9. The molecule has 9 heteroatoms. The average Bonchev–Trinajstić information content (AvgIpc) is 3.22. The van der Waals surface area contributed by atoms with Crippen molar-refractivity contribution < 1.29 is 44.9 Å². The van der Waals surface area contributed by atoms with Gasteiger partial charge in [-0.05, 0) is 93.3 Å². The Morgan fingerprint density at radius 3 is 2.27 bits per heavy atom. The Kier molecular flexibility index (Phi) is 9.36. The van der Waals surface area contributed by atoms with Crippen LogP contribution in [-0.4, -0.2) is 91.5 Å². The third-order valence-electron chi connectivity index (χ3n) is 14.2. The number of aliphatic hydroxyl groups excluding tert-OH is 5. The second-order valence-corrected chi connectivity index (χ2v) is 17.2. The van der Waals surface area contributed by atoms with Gasteiger partial charge in [0.2, 0.25) is 0 Å². The molecule has 0 radical (unpaired) electrons. The van der Waals surface area contributed by atoms with E-state index in [0.29, 0.717) is 24.5 Å². The van der Waals surface area contributed by atoms with E-state index < -0.39 is 54.4 Å². The molecule has 4 aliphatic carbocycles. The number of hydrogen-bond donors (Lipinski definition) is 6. The Balaban J connectivity index is 1.33. The minimum absolute atomic E-state index is 0.0146. The summed E-state index contributed by atoms with van der Waals surface area (Å²) in [6.07, 6.45) is 0.549. The summed E-state index contributed by atoms with van der Waals surface area (Å²) in [5.41, 5.74) is -0.951. The minimum atomic E-state index is -1.55. The molecular formula is C36H60O9. The van der Waals surface area contributed by atoms with Gasteiger partial charge in [0.15, 0.2) is 6.29 Å². The molecule has 0 unspecified atom stereocenters. The molecule has 0 aromatic rings. The van der Waals surface area contributed by atoms with Crippen molar-refractivity contribution in [3.8, 4) is 0 Å². The van der Waals surface area contributed by atoms with Gasteiger partial charge in [0.25, 0.3) is 0 Å². The monoisotopic (exact) mass is 636 g/mol. The van der Waals surface area contributed by atoms with Crippen LogP contribution in [0.5, 0.6) is 0 Å². The molecule has 9 nitrogen and oxygen atoms in total. The van der Waals surface area contributed by atoms with Gasteiger partial charge in [-0.25, -0.2) is 0 Å². The van der Waals surface area contributed by atoms with Gasteiger partial charge >= 0.3 is 0 Å². The molecule has 258 valence electrons. The van der Waals surface area contributed by atoms with Crippen LogP contribution in [0, 0.1) is 45.3 Å². The normalized spacial score (nSPS) is 47.7. The van der Waals surface area contributed by atoms with Crippen LogP contribution in [0.3, 0.4) is 0 Å². The first-order valence-electron chi connectivity index (χ1n) is 17.3. The highest BCUT2D eigenvalue weighted by Crippen LogP contribution is 2.74. The maximum atomic E-state index is 14.5. The summed E-state index contributed by atoms with van der Waals surface area (Å²) in [6.45, 7) is 16.2. The maximum absolute atomic E-state index is 14.5. The highest BCUT2D eigenvalue weighted by Gasteiger charge is 2.70. The van der Waals surface area contributed by atoms with E-state index in [1.807, 2.05) is 0 Å².